The van der Waals surface area contributed by atoms with Crippen molar-refractivity contribution in [1.82, 2.24) is 0 Å². The van der Waals surface area contributed by atoms with E-state index in [-0.39, 0.29) is 49.4 Å². The van der Waals surface area contributed by atoms with Crippen molar-refractivity contribution in [3.63, 3.8) is 0 Å². The third-order valence-corrected chi connectivity index (χ3v) is 11.6. The van der Waals surface area contributed by atoms with Gasteiger partial charge in [0.2, 0.25) is 0 Å². The summed E-state index contributed by atoms with van der Waals surface area (Å²) < 4.78 is 34.0. The van der Waals surface area contributed by atoms with E-state index in [2.05, 4.69) is 0 Å². The third-order valence-electron chi connectivity index (χ3n) is 11.6. The highest BCUT2D eigenvalue weighted by atomic mass is 16.8. The Bertz CT molecular complexity index is 1150. The zero-order valence-electron chi connectivity index (χ0n) is 28.1. The first-order valence-corrected chi connectivity index (χ1v) is 18.1. The van der Waals surface area contributed by atoms with Crippen LogP contribution in [0.1, 0.15) is 64.2 Å². The molecule has 3 saturated heterocycles. The second kappa shape index (κ2) is 16.3. The molecule has 16 nitrogen and oxygen atoms in total. The van der Waals surface area contributed by atoms with Crippen LogP contribution in [0.3, 0.4) is 0 Å². The van der Waals surface area contributed by atoms with Crippen molar-refractivity contribution in [2.75, 3.05) is 19.8 Å². The van der Waals surface area contributed by atoms with Gasteiger partial charge < -0.3 is 74.4 Å². The minimum absolute atomic E-state index is 0.128. The molecule has 0 amide bonds. The van der Waals surface area contributed by atoms with Gasteiger partial charge in [-0.25, -0.2) is 4.79 Å². The van der Waals surface area contributed by atoms with Crippen LogP contribution in [-0.4, -0.2) is 168 Å². The predicted octanol–water partition coefficient (Wildman–Crippen LogP) is -2.74. The Morgan fingerprint density at radius 3 is 2.28 bits per heavy atom. The molecule has 0 spiro atoms. The van der Waals surface area contributed by atoms with Crippen LogP contribution < -0.4 is 0 Å². The SMILES string of the molecule is O=C(C=CC1CCC(O)CC1)OC[C@@]1(O)CO[C@@H](O[C@H]2[C@H](OC3CC4C(O)CC(O)CC4[OH+]C3C3CCC(O)C(O)C3)OC[C@@H](O)[C@@H]2O)[C@@H]1O. The molecule has 3 aliphatic heterocycles. The lowest BCUT2D eigenvalue weighted by atomic mass is 9.72. The monoisotopic (exact) mass is 719 g/mol. The molecule has 16 heteroatoms. The largest absolute Gasteiger partial charge is 0.459 e. The summed E-state index contributed by atoms with van der Waals surface area (Å²) >= 11 is 0. The number of carbonyl (C=O) groups excluding carboxylic acids is 1. The lowest BCUT2D eigenvalue weighted by Gasteiger charge is -2.48. The number of aliphatic hydroxyl groups is 11. The minimum Gasteiger partial charge on any atom is -0.459 e. The van der Waals surface area contributed by atoms with Gasteiger partial charge >= 0.3 is 5.97 Å². The van der Waals surface area contributed by atoms with E-state index in [9.17, 15) is 50.8 Å². The number of carbonyl (C=O) groups is 1. The topological polar surface area (TPSA) is 258 Å². The van der Waals surface area contributed by atoms with Crippen LogP contribution in [0.25, 0.3) is 0 Å². The van der Waals surface area contributed by atoms with E-state index >= 15 is 0 Å². The van der Waals surface area contributed by atoms with Crippen LogP contribution in [0.15, 0.2) is 12.2 Å². The molecule has 9 unspecified atom stereocenters. The highest BCUT2D eigenvalue weighted by Crippen LogP contribution is 2.42. The molecule has 0 aromatic heterocycles. The van der Waals surface area contributed by atoms with E-state index in [1.807, 2.05) is 0 Å². The van der Waals surface area contributed by atoms with Crippen molar-refractivity contribution in [3.05, 3.63) is 12.2 Å². The first kappa shape index (κ1) is 38.4. The summed E-state index contributed by atoms with van der Waals surface area (Å²) in [5, 5.41) is 95.2. The summed E-state index contributed by atoms with van der Waals surface area (Å²) in [5.41, 5.74) is -2.05. The molecule has 6 rings (SSSR count). The van der Waals surface area contributed by atoms with Crippen LogP contribution in [-0.2, 0) is 28.5 Å². The summed E-state index contributed by atoms with van der Waals surface area (Å²) in [5.74, 6) is -1.12. The Labute approximate surface area is 290 Å². The van der Waals surface area contributed by atoms with E-state index in [0.29, 0.717) is 38.5 Å². The molecule has 6 aliphatic rings. The molecule has 3 saturated carbocycles. The zero-order chi connectivity index (χ0) is 35.7. The summed E-state index contributed by atoms with van der Waals surface area (Å²) in [4.78, 5) is 12.4. The van der Waals surface area contributed by atoms with E-state index in [1.54, 1.807) is 6.08 Å². The van der Waals surface area contributed by atoms with E-state index < -0.39 is 98.4 Å². The van der Waals surface area contributed by atoms with Crippen molar-refractivity contribution in [3.8, 4) is 0 Å². The highest BCUT2D eigenvalue weighted by Gasteiger charge is 2.56. The number of allylic oxidation sites excluding steroid dienone is 1. The lowest BCUT2D eigenvalue weighted by molar-refractivity contribution is -0.359. The summed E-state index contributed by atoms with van der Waals surface area (Å²) in [6.07, 6.45) is -6.38. The third kappa shape index (κ3) is 8.71. The maximum atomic E-state index is 12.4. The molecule has 16 atom stereocenters. The Kier molecular flexibility index (Phi) is 12.5. The van der Waals surface area contributed by atoms with Gasteiger partial charge in [-0.05, 0) is 57.3 Å². The standard InChI is InChI=1S/C34H54O16/c35-18-5-1-16(2-6-18)3-8-27(41)46-14-34(44)15-47-33(31(34)43)50-30-28(42)24(40)13-45-32(30)49-26-12-20-22(38)10-19(36)11-25(20)48-29(26)17-4-7-21(37)23(39)9-17/h3,8,16-26,28-33,35-40,42-44H,1-2,4-7,9-15H2/p+1/t16?,17?,18?,19?,20?,21?,22?,23?,24-,25?,26?,28+,29?,30-,31+,32+,33+,34-/m1/s1. The zero-order valence-corrected chi connectivity index (χ0v) is 28.1. The fraction of sp³-hybridized carbons (Fsp3) is 0.912. The van der Waals surface area contributed by atoms with Gasteiger partial charge in [-0.1, -0.05) is 6.08 Å². The number of rotatable bonds is 9. The lowest BCUT2D eigenvalue weighted by Crippen LogP contribution is -2.62. The summed E-state index contributed by atoms with van der Waals surface area (Å²) in [6, 6.07) is 0. The molecular formula is C34H55O16+. The molecular weight excluding hydrogens is 664 g/mol. The quantitative estimate of drug-likeness (QED) is 0.0665. The normalized spacial score (nSPS) is 50.2. The number of hydrogen-bond acceptors (Lipinski definition) is 15. The Morgan fingerprint density at radius 2 is 1.54 bits per heavy atom. The number of ether oxygens (including phenoxy) is 6. The average Bonchev–Trinajstić information content (AvgIpc) is 3.36. The molecule has 0 radical (unpaired) electrons. The Morgan fingerprint density at radius 1 is 0.780 bits per heavy atom. The van der Waals surface area contributed by atoms with E-state index in [4.69, 9.17) is 28.4 Å². The molecule has 3 aliphatic carbocycles. The first-order chi connectivity index (χ1) is 23.8. The van der Waals surface area contributed by atoms with Crippen molar-refractivity contribution in [2.45, 2.75) is 156 Å². The number of esters is 1. The van der Waals surface area contributed by atoms with Crippen LogP contribution in [0.2, 0.25) is 0 Å². The number of hydrogen-bond donors (Lipinski definition) is 9. The van der Waals surface area contributed by atoms with Crippen molar-refractivity contribution in [2.24, 2.45) is 17.8 Å². The van der Waals surface area contributed by atoms with Gasteiger partial charge in [0, 0.05) is 24.8 Å². The maximum Gasteiger partial charge on any atom is 0.330 e. The fourth-order valence-electron chi connectivity index (χ4n) is 8.51. The second-order valence-corrected chi connectivity index (χ2v) is 15.3. The van der Waals surface area contributed by atoms with Gasteiger partial charge in [-0.3, -0.25) is 0 Å². The molecule has 286 valence electrons. The summed E-state index contributed by atoms with van der Waals surface area (Å²) in [7, 11) is 0. The Balaban J connectivity index is 1.10. The van der Waals surface area contributed by atoms with Gasteiger partial charge in [0.15, 0.2) is 30.4 Å². The van der Waals surface area contributed by atoms with E-state index in [1.165, 1.54) is 6.08 Å². The number of aliphatic hydroxyl groups excluding tert-OH is 8. The minimum atomic E-state index is -2.05. The predicted molar refractivity (Wildman–Crippen MR) is 169 cm³/mol. The molecule has 6 fully saturated rings. The van der Waals surface area contributed by atoms with Crippen molar-refractivity contribution in [1.29, 1.82) is 0 Å². The average molecular weight is 720 g/mol. The van der Waals surface area contributed by atoms with Crippen LogP contribution >= 0.6 is 0 Å². The van der Waals surface area contributed by atoms with E-state index in [0.717, 1.165) is 12.8 Å². The van der Waals surface area contributed by atoms with Gasteiger partial charge in [0.05, 0.1) is 49.7 Å². The van der Waals surface area contributed by atoms with Gasteiger partial charge in [0.1, 0.15) is 37.1 Å². The highest BCUT2D eigenvalue weighted by molar-refractivity contribution is 5.82. The molecule has 0 aromatic rings. The second-order valence-electron chi connectivity index (χ2n) is 15.3. The van der Waals surface area contributed by atoms with Crippen LogP contribution in [0, 0.1) is 17.8 Å². The maximum absolute atomic E-state index is 12.4. The Hall–Kier alpha value is -1.35. The van der Waals surface area contributed by atoms with Gasteiger partial charge in [0.25, 0.3) is 0 Å². The van der Waals surface area contributed by atoms with Crippen molar-refractivity contribution < 1.29 is 79.2 Å². The van der Waals surface area contributed by atoms with Crippen LogP contribution in [0.5, 0.6) is 0 Å². The van der Waals surface area contributed by atoms with Gasteiger partial charge in [-0.15, -0.1) is 0 Å². The fourth-order valence-corrected chi connectivity index (χ4v) is 8.51. The van der Waals surface area contributed by atoms with Crippen molar-refractivity contribution >= 4 is 5.97 Å². The smallest absolute Gasteiger partial charge is 0.330 e. The summed E-state index contributed by atoms with van der Waals surface area (Å²) in [6.45, 7) is -1.39. The molecule has 10 N–H and O–H groups in total. The van der Waals surface area contributed by atoms with Crippen LogP contribution in [0.4, 0.5) is 0 Å². The molecule has 0 bridgehead atoms. The molecule has 0 aromatic carbocycles. The molecule has 3 heterocycles. The molecule has 50 heavy (non-hydrogen) atoms. The number of fused-ring (bicyclic) bond motifs is 1. The van der Waals surface area contributed by atoms with Gasteiger partial charge in [-0.2, -0.15) is 0 Å². The first-order valence-electron chi connectivity index (χ1n) is 18.1.